The van der Waals surface area contributed by atoms with E-state index >= 15 is 0 Å². The van der Waals surface area contributed by atoms with Gasteiger partial charge in [-0.1, -0.05) is 30.3 Å². The van der Waals surface area contributed by atoms with E-state index in [0.717, 1.165) is 11.4 Å². The van der Waals surface area contributed by atoms with E-state index in [4.69, 9.17) is 0 Å². The van der Waals surface area contributed by atoms with Crippen molar-refractivity contribution in [1.29, 1.82) is 0 Å². The van der Waals surface area contributed by atoms with Crippen molar-refractivity contribution in [3.05, 3.63) is 66.5 Å². The number of para-hydroxylation sites is 1. The van der Waals surface area contributed by atoms with Gasteiger partial charge in [-0.15, -0.1) is 13.2 Å². The summed E-state index contributed by atoms with van der Waals surface area (Å²) in [5, 5.41) is 4.30. The lowest BCUT2D eigenvalue weighted by Crippen LogP contribution is -2.17. The number of alkyl halides is 3. The number of halogens is 3. The summed E-state index contributed by atoms with van der Waals surface area (Å²) < 4.78 is 43.4. The molecule has 0 radical (unpaired) electrons. The predicted molar refractivity (Wildman–Crippen MR) is 80.4 cm³/mol. The summed E-state index contributed by atoms with van der Waals surface area (Å²) in [6.45, 7) is 1.87. The lowest BCUT2D eigenvalue weighted by molar-refractivity contribution is -0.274. The van der Waals surface area contributed by atoms with Gasteiger partial charge in [0, 0.05) is 11.8 Å². The highest BCUT2D eigenvalue weighted by Crippen LogP contribution is 2.34. The van der Waals surface area contributed by atoms with E-state index in [2.05, 4.69) is 9.84 Å². The molecular formula is C17H13F3N2O. The molecule has 0 saturated heterocycles. The molecule has 3 rings (SSSR count). The van der Waals surface area contributed by atoms with Crippen molar-refractivity contribution in [2.45, 2.75) is 13.3 Å². The van der Waals surface area contributed by atoms with Crippen molar-refractivity contribution in [1.82, 2.24) is 9.78 Å². The molecule has 0 amide bonds. The first-order valence-corrected chi connectivity index (χ1v) is 6.90. The van der Waals surface area contributed by atoms with E-state index in [1.165, 1.54) is 12.1 Å². The van der Waals surface area contributed by atoms with Crippen LogP contribution in [0.3, 0.4) is 0 Å². The van der Waals surface area contributed by atoms with Crippen LogP contribution in [-0.2, 0) is 0 Å². The van der Waals surface area contributed by atoms with Gasteiger partial charge < -0.3 is 4.74 Å². The molecule has 0 atom stereocenters. The molecule has 0 aliphatic rings. The summed E-state index contributed by atoms with van der Waals surface area (Å²) >= 11 is 0. The molecule has 0 saturated carbocycles. The van der Waals surface area contributed by atoms with Crippen LogP contribution in [0, 0.1) is 6.92 Å². The molecule has 0 aliphatic carbocycles. The van der Waals surface area contributed by atoms with Crippen LogP contribution >= 0.6 is 0 Å². The molecule has 2 aromatic carbocycles. The van der Waals surface area contributed by atoms with Crippen LogP contribution in [0.5, 0.6) is 5.75 Å². The van der Waals surface area contributed by atoms with Crippen molar-refractivity contribution in [3.63, 3.8) is 0 Å². The van der Waals surface area contributed by atoms with Gasteiger partial charge in [-0.25, -0.2) is 4.68 Å². The molecule has 0 spiro atoms. The first-order valence-electron chi connectivity index (χ1n) is 6.90. The SMILES string of the molecule is Cc1ccn(-c2cccc(-c3ccccc3OC(F)(F)F)c2)n1. The lowest BCUT2D eigenvalue weighted by atomic mass is 10.0. The molecule has 23 heavy (non-hydrogen) atoms. The molecule has 0 aliphatic heterocycles. The van der Waals surface area contributed by atoms with Gasteiger partial charge in [0.15, 0.2) is 0 Å². The van der Waals surface area contributed by atoms with Crippen molar-refractivity contribution >= 4 is 0 Å². The maximum Gasteiger partial charge on any atom is 0.573 e. The van der Waals surface area contributed by atoms with E-state index in [1.54, 1.807) is 41.2 Å². The van der Waals surface area contributed by atoms with Gasteiger partial charge in [-0.2, -0.15) is 5.10 Å². The number of aryl methyl sites for hydroxylation is 1. The second-order valence-electron chi connectivity index (χ2n) is 5.00. The molecule has 1 heterocycles. The van der Waals surface area contributed by atoms with E-state index in [1.807, 2.05) is 19.1 Å². The fraction of sp³-hybridized carbons (Fsp3) is 0.118. The zero-order valence-electron chi connectivity index (χ0n) is 12.2. The molecular weight excluding hydrogens is 305 g/mol. The molecule has 118 valence electrons. The average Bonchev–Trinajstić information content (AvgIpc) is 2.93. The van der Waals surface area contributed by atoms with Crippen molar-refractivity contribution in [2.24, 2.45) is 0 Å². The zero-order chi connectivity index (χ0) is 16.4. The normalized spacial score (nSPS) is 11.5. The summed E-state index contributed by atoms with van der Waals surface area (Å²) in [4.78, 5) is 0. The fourth-order valence-electron chi connectivity index (χ4n) is 2.29. The van der Waals surface area contributed by atoms with Crippen molar-refractivity contribution < 1.29 is 17.9 Å². The second kappa shape index (κ2) is 5.79. The second-order valence-corrected chi connectivity index (χ2v) is 5.00. The number of hydrogen-bond donors (Lipinski definition) is 0. The Kier molecular flexibility index (Phi) is 3.82. The van der Waals surface area contributed by atoms with Crippen LogP contribution in [0.25, 0.3) is 16.8 Å². The van der Waals surface area contributed by atoms with Gasteiger partial charge in [0.2, 0.25) is 0 Å². The predicted octanol–water partition coefficient (Wildman–Crippen LogP) is 4.75. The third-order valence-electron chi connectivity index (χ3n) is 3.26. The summed E-state index contributed by atoms with van der Waals surface area (Å²) in [5.41, 5.74) is 2.61. The largest absolute Gasteiger partial charge is 0.573 e. The maximum absolute atomic E-state index is 12.5. The number of hydrogen-bond acceptors (Lipinski definition) is 2. The average molecular weight is 318 g/mol. The molecule has 1 aromatic heterocycles. The maximum atomic E-state index is 12.5. The monoisotopic (exact) mass is 318 g/mol. The number of nitrogens with zero attached hydrogens (tertiary/aromatic N) is 2. The Bertz CT molecular complexity index is 824. The van der Waals surface area contributed by atoms with Gasteiger partial charge >= 0.3 is 6.36 Å². The Balaban J connectivity index is 2.03. The topological polar surface area (TPSA) is 27.1 Å². The molecule has 0 fully saturated rings. The minimum Gasteiger partial charge on any atom is -0.405 e. The Labute approximate surface area is 130 Å². The summed E-state index contributed by atoms with van der Waals surface area (Å²) in [5.74, 6) is -0.228. The quantitative estimate of drug-likeness (QED) is 0.697. The summed E-state index contributed by atoms with van der Waals surface area (Å²) in [7, 11) is 0. The van der Waals surface area contributed by atoms with Gasteiger partial charge in [0.1, 0.15) is 5.75 Å². The van der Waals surface area contributed by atoms with Crippen molar-refractivity contribution in [2.75, 3.05) is 0 Å². The van der Waals surface area contributed by atoms with Crippen molar-refractivity contribution in [3.8, 4) is 22.6 Å². The summed E-state index contributed by atoms with van der Waals surface area (Å²) in [6, 6.07) is 15.0. The Morgan fingerprint density at radius 3 is 2.48 bits per heavy atom. The standard InChI is InChI=1S/C17H13F3N2O/c1-12-9-10-22(21-12)14-6-4-5-13(11-14)15-7-2-3-8-16(15)23-17(18,19)20/h2-11H,1H3. The number of benzene rings is 2. The van der Waals surface area contributed by atoms with E-state index < -0.39 is 6.36 Å². The highest BCUT2D eigenvalue weighted by atomic mass is 19.4. The molecule has 6 heteroatoms. The van der Waals surface area contributed by atoms with Gasteiger partial charge in [-0.3, -0.25) is 0 Å². The van der Waals surface area contributed by atoms with Gasteiger partial charge in [0.25, 0.3) is 0 Å². The van der Waals surface area contributed by atoms with Gasteiger partial charge in [0.05, 0.1) is 11.4 Å². The summed E-state index contributed by atoms with van der Waals surface area (Å²) in [6.07, 6.45) is -2.93. The molecule has 0 unspecified atom stereocenters. The van der Waals surface area contributed by atoms with Gasteiger partial charge in [-0.05, 0) is 36.8 Å². The fourth-order valence-corrected chi connectivity index (χ4v) is 2.29. The molecule has 3 aromatic rings. The first kappa shape index (κ1) is 15.1. The van der Waals surface area contributed by atoms with E-state index in [-0.39, 0.29) is 5.75 Å². The van der Waals surface area contributed by atoms with Crippen LogP contribution in [0.1, 0.15) is 5.69 Å². The Morgan fingerprint density at radius 2 is 1.78 bits per heavy atom. The Morgan fingerprint density at radius 1 is 1.00 bits per heavy atom. The van der Waals surface area contributed by atoms with Crippen LogP contribution in [0.4, 0.5) is 13.2 Å². The highest BCUT2D eigenvalue weighted by Gasteiger charge is 2.32. The smallest absolute Gasteiger partial charge is 0.405 e. The number of aromatic nitrogens is 2. The zero-order valence-corrected chi connectivity index (χ0v) is 12.2. The lowest BCUT2D eigenvalue weighted by Gasteiger charge is -2.14. The van der Waals surface area contributed by atoms with Crippen LogP contribution in [0.15, 0.2) is 60.8 Å². The third-order valence-corrected chi connectivity index (χ3v) is 3.26. The number of ether oxygens (including phenoxy) is 1. The minimum absolute atomic E-state index is 0.228. The third kappa shape index (κ3) is 3.53. The Hall–Kier alpha value is -2.76. The van der Waals surface area contributed by atoms with Crippen LogP contribution < -0.4 is 4.74 Å². The van der Waals surface area contributed by atoms with E-state index in [0.29, 0.717) is 11.1 Å². The first-order chi connectivity index (χ1) is 10.9. The molecule has 3 nitrogen and oxygen atoms in total. The molecule has 0 N–H and O–H groups in total. The van der Waals surface area contributed by atoms with Crippen LogP contribution in [-0.4, -0.2) is 16.1 Å². The van der Waals surface area contributed by atoms with Crippen LogP contribution in [0.2, 0.25) is 0 Å². The molecule has 0 bridgehead atoms. The number of rotatable bonds is 3. The van der Waals surface area contributed by atoms with E-state index in [9.17, 15) is 13.2 Å². The minimum atomic E-state index is -4.73. The highest BCUT2D eigenvalue weighted by molar-refractivity contribution is 5.72.